The molecule has 0 amide bonds. The van der Waals surface area contributed by atoms with Gasteiger partial charge in [0.25, 0.3) is 0 Å². The van der Waals surface area contributed by atoms with Crippen LogP contribution in [0.2, 0.25) is 0 Å². The van der Waals surface area contributed by atoms with Crippen molar-refractivity contribution < 1.29 is 9.84 Å². The smallest absolute Gasteiger partial charge is 0.0741 e. The zero-order chi connectivity index (χ0) is 11.7. The third kappa shape index (κ3) is 2.71. The van der Waals surface area contributed by atoms with Gasteiger partial charge >= 0.3 is 0 Å². The molecule has 1 saturated carbocycles. The molecule has 3 unspecified atom stereocenters. The van der Waals surface area contributed by atoms with Gasteiger partial charge in [-0.25, -0.2) is 0 Å². The Hall–Kier alpha value is -0.120. The summed E-state index contributed by atoms with van der Waals surface area (Å²) in [6, 6.07) is 0.459. The molecule has 1 aliphatic rings. The number of hydrogen-bond donors (Lipinski definition) is 2. The van der Waals surface area contributed by atoms with Gasteiger partial charge in [0.1, 0.15) is 0 Å². The van der Waals surface area contributed by atoms with E-state index in [1.807, 2.05) is 13.8 Å². The van der Waals surface area contributed by atoms with Crippen LogP contribution < -0.4 is 5.32 Å². The van der Waals surface area contributed by atoms with Crippen molar-refractivity contribution >= 4 is 0 Å². The predicted octanol–water partition coefficient (Wildman–Crippen LogP) is 1.55. The van der Waals surface area contributed by atoms with E-state index in [2.05, 4.69) is 19.2 Å². The summed E-state index contributed by atoms with van der Waals surface area (Å²) in [5.74, 6) is 0. The number of ether oxygens (including phenoxy) is 1. The van der Waals surface area contributed by atoms with Gasteiger partial charge in [0, 0.05) is 25.1 Å². The molecular formula is C12H25NO2. The second kappa shape index (κ2) is 4.40. The maximum atomic E-state index is 9.89. The zero-order valence-corrected chi connectivity index (χ0v) is 10.6. The highest BCUT2D eigenvalue weighted by Crippen LogP contribution is 2.42. The van der Waals surface area contributed by atoms with E-state index >= 15 is 0 Å². The Labute approximate surface area is 93.2 Å². The van der Waals surface area contributed by atoms with Crippen LogP contribution in [0.3, 0.4) is 0 Å². The maximum absolute atomic E-state index is 9.89. The molecule has 0 aromatic carbocycles. The van der Waals surface area contributed by atoms with Gasteiger partial charge in [-0.3, -0.25) is 0 Å². The van der Waals surface area contributed by atoms with Crippen LogP contribution in [0.5, 0.6) is 0 Å². The van der Waals surface area contributed by atoms with Gasteiger partial charge < -0.3 is 15.2 Å². The normalized spacial score (nSPS) is 33.2. The predicted molar refractivity (Wildman–Crippen MR) is 61.9 cm³/mol. The molecular weight excluding hydrogens is 190 g/mol. The van der Waals surface area contributed by atoms with Crippen molar-refractivity contribution in [2.75, 3.05) is 13.7 Å². The minimum Gasteiger partial charge on any atom is -0.389 e. The summed E-state index contributed by atoms with van der Waals surface area (Å²) in [5, 5.41) is 13.3. The van der Waals surface area contributed by atoms with Gasteiger partial charge in [0.2, 0.25) is 0 Å². The number of methoxy groups -OCH3 is 1. The van der Waals surface area contributed by atoms with Gasteiger partial charge in [0.05, 0.1) is 11.7 Å². The van der Waals surface area contributed by atoms with Crippen LogP contribution in [0.15, 0.2) is 0 Å². The van der Waals surface area contributed by atoms with Crippen LogP contribution in [0.25, 0.3) is 0 Å². The van der Waals surface area contributed by atoms with Crippen molar-refractivity contribution in [3.8, 4) is 0 Å². The third-order valence-electron chi connectivity index (χ3n) is 3.95. The number of rotatable bonds is 5. The van der Waals surface area contributed by atoms with Crippen LogP contribution >= 0.6 is 0 Å². The minimum atomic E-state index is -0.589. The molecule has 3 nitrogen and oxygen atoms in total. The van der Waals surface area contributed by atoms with Crippen LogP contribution in [0, 0.1) is 5.41 Å². The van der Waals surface area contributed by atoms with E-state index in [9.17, 15) is 5.11 Å². The standard InChI is InChI=1S/C12H25NO2/c1-6-12(4,14)8-13-9-7-10(15-5)11(9,2)3/h9-10,13-14H,6-8H2,1-5H3. The number of nitrogens with one attached hydrogen (secondary N) is 1. The summed E-state index contributed by atoms with van der Waals surface area (Å²) >= 11 is 0. The van der Waals surface area contributed by atoms with Crippen LogP contribution in [0.4, 0.5) is 0 Å². The Bertz CT molecular complexity index is 214. The summed E-state index contributed by atoms with van der Waals surface area (Å²) in [6.45, 7) is 8.96. The average Bonchev–Trinajstić information content (AvgIpc) is 2.16. The molecule has 0 saturated heterocycles. The average molecular weight is 215 g/mol. The maximum Gasteiger partial charge on any atom is 0.0741 e. The van der Waals surface area contributed by atoms with E-state index in [0.717, 1.165) is 12.8 Å². The lowest BCUT2D eigenvalue weighted by Gasteiger charge is -2.52. The van der Waals surface area contributed by atoms with Crippen LogP contribution in [-0.2, 0) is 4.74 Å². The first-order valence-electron chi connectivity index (χ1n) is 5.82. The molecule has 0 aromatic rings. The summed E-state index contributed by atoms with van der Waals surface area (Å²) in [6.07, 6.45) is 2.17. The van der Waals surface area contributed by atoms with E-state index in [-0.39, 0.29) is 5.41 Å². The van der Waals surface area contributed by atoms with E-state index in [1.54, 1.807) is 7.11 Å². The molecule has 0 radical (unpaired) electrons. The Morgan fingerprint density at radius 2 is 2.13 bits per heavy atom. The van der Waals surface area contributed by atoms with E-state index in [0.29, 0.717) is 18.7 Å². The zero-order valence-electron chi connectivity index (χ0n) is 10.6. The SMILES string of the molecule is CCC(C)(O)CNC1CC(OC)C1(C)C. The molecule has 1 fully saturated rings. The highest BCUT2D eigenvalue weighted by atomic mass is 16.5. The summed E-state index contributed by atoms with van der Waals surface area (Å²) in [4.78, 5) is 0. The largest absolute Gasteiger partial charge is 0.389 e. The van der Waals surface area contributed by atoms with Gasteiger partial charge in [-0.05, 0) is 19.8 Å². The number of hydrogen-bond acceptors (Lipinski definition) is 3. The molecule has 0 spiro atoms. The molecule has 3 heteroatoms. The topological polar surface area (TPSA) is 41.5 Å². The van der Waals surface area contributed by atoms with Crippen molar-refractivity contribution in [2.24, 2.45) is 5.41 Å². The number of aliphatic hydroxyl groups is 1. The van der Waals surface area contributed by atoms with Gasteiger partial charge in [-0.2, -0.15) is 0 Å². The van der Waals surface area contributed by atoms with Crippen molar-refractivity contribution in [1.29, 1.82) is 0 Å². The quantitative estimate of drug-likeness (QED) is 0.731. The first-order valence-corrected chi connectivity index (χ1v) is 5.82. The Morgan fingerprint density at radius 1 is 1.53 bits per heavy atom. The lowest BCUT2D eigenvalue weighted by atomic mass is 9.64. The Balaban J connectivity index is 2.37. The summed E-state index contributed by atoms with van der Waals surface area (Å²) < 4.78 is 5.39. The highest BCUT2D eigenvalue weighted by molar-refractivity contribution is 5.03. The molecule has 3 atom stereocenters. The first kappa shape index (κ1) is 12.9. The Kier molecular flexibility index (Phi) is 3.80. The van der Waals surface area contributed by atoms with Crippen molar-refractivity contribution in [3.63, 3.8) is 0 Å². The van der Waals surface area contributed by atoms with Gasteiger partial charge in [-0.1, -0.05) is 20.8 Å². The third-order valence-corrected chi connectivity index (χ3v) is 3.95. The molecule has 0 bridgehead atoms. The fraction of sp³-hybridized carbons (Fsp3) is 1.00. The molecule has 1 aliphatic carbocycles. The highest BCUT2D eigenvalue weighted by Gasteiger charge is 2.48. The van der Waals surface area contributed by atoms with Crippen molar-refractivity contribution in [1.82, 2.24) is 5.32 Å². The molecule has 15 heavy (non-hydrogen) atoms. The minimum absolute atomic E-state index is 0.179. The van der Waals surface area contributed by atoms with Gasteiger partial charge in [0.15, 0.2) is 0 Å². The van der Waals surface area contributed by atoms with Crippen molar-refractivity contribution in [3.05, 3.63) is 0 Å². The second-order valence-corrected chi connectivity index (χ2v) is 5.57. The van der Waals surface area contributed by atoms with E-state index < -0.39 is 5.60 Å². The van der Waals surface area contributed by atoms with E-state index in [1.165, 1.54) is 0 Å². The summed E-state index contributed by atoms with van der Waals surface area (Å²) in [5.41, 5.74) is -0.410. The molecule has 2 N–H and O–H groups in total. The fourth-order valence-electron chi connectivity index (χ4n) is 2.10. The molecule has 1 rings (SSSR count). The molecule has 0 heterocycles. The lowest BCUT2D eigenvalue weighted by Crippen LogP contribution is -2.62. The molecule has 90 valence electrons. The fourth-order valence-corrected chi connectivity index (χ4v) is 2.10. The summed E-state index contributed by atoms with van der Waals surface area (Å²) in [7, 11) is 1.77. The second-order valence-electron chi connectivity index (χ2n) is 5.57. The van der Waals surface area contributed by atoms with Gasteiger partial charge in [-0.15, -0.1) is 0 Å². The van der Waals surface area contributed by atoms with E-state index in [4.69, 9.17) is 4.74 Å². The van der Waals surface area contributed by atoms with Crippen molar-refractivity contribution in [2.45, 2.75) is 58.3 Å². The van der Waals surface area contributed by atoms with Crippen LogP contribution in [-0.4, -0.2) is 36.5 Å². The Morgan fingerprint density at radius 3 is 2.53 bits per heavy atom. The lowest BCUT2D eigenvalue weighted by molar-refractivity contribution is -0.102. The first-order chi connectivity index (χ1) is 6.83. The monoisotopic (exact) mass is 215 g/mol. The molecule has 0 aliphatic heterocycles. The van der Waals surface area contributed by atoms with Crippen LogP contribution in [0.1, 0.15) is 40.5 Å². The molecule has 0 aromatic heterocycles.